The molecule has 0 spiro atoms. The van der Waals surface area contributed by atoms with Crippen LogP contribution in [-0.2, 0) is 23.6 Å². The lowest BCUT2D eigenvalue weighted by Gasteiger charge is -2.33. The number of nitrogen functional groups attached to an aromatic ring is 3. The number of fused-ring (bicyclic) bond motifs is 6. The fourth-order valence-electron chi connectivity index (χ4n) is 8.29. The van der Waals surface area contributed by atoms with Gasteiger partial charge >= 0.3 is 17.5 Å². The van der Waals surface area contributed by atoms with Crippen LogP contribution in [0.3, 0.4) is 0 Å². The lowest BCUT2D eigenvalue weighted by molar-refractivity contribution is -0.627. The molecule has 3 aromatic heterocycles. The molecule has 3 aliphatic rings. The molecule has 0 fully saturated rings. The normalized spacial score (nSPS) is 16.2. The van der Waals surface area contributed by atoms with Gasteiger partial charge in [0, 0.05) is 12.8 Å². The number of aromatic nitrogens is 3. The van der Waals surface area contributed by atoms with E-state index in [2.05, 4.69) is 78.8 Å². The third-order valence-electron chi connectivity index (χ3n) is 10.6. The highest BCUT2D eigenvalue weighted by atomic mass is 32.2. The molecule has 3 atom stereocenters. The van der Waals surface area contributed by atoms with Crippen LogP contribution in [0, 0.1) is 0 Å². The molecule has 0 saturated heterocycles. The van der Waals surface area contributed by atoms with Gasteiger partial charge in [0.1, 0.15) is 51.8 Å². The van der Waals surface area contributed by atoms with Crippen molar-refractivity contribution < 1.29 is 23.0 Å². The van der Waals surface area contributed by atoms with Crippen molar-refractivity contribution in [2.24, 2.45) is 0 Å². The molecule has 0 aliphatic carbocycles. The van der Waals surface area contributed by atoms with Gasteiger partial charge < -0.3 is 4.74 Å². The van der Waals surface area contributed by atoms with Gasteiger partial charge in [0.05, 0.1) is 26.6 Å². The van der Waals surface area contributed by atoms with Crippen molar-refractivity contribution in [1.82, 2.24) is 0 Å². The largest absolute Gasteiger partial charge is 0.444 e. The number of ether oxygens (including phenoxy) is 1. The van der Waals surface area contributed by atoms with Gasteiger partial charge in [-0.15, -0.1) is 14.0 Å². The fourth-order valence-corrected chi connectivity index (χ4v) is 11.0. The van der Waals surface area contributed by atoms with Gasteiger partial charge in [-0.3, -0.25) is 17.5 Å². The number of anilines is 6. The first kappa shape index (κ1) is 34.9. The van der Waals surface area contributed by atoms with E-state index >= 15 is 0 Å². The van der Waals surface area contributed by atoms with Crippen molar-refractivity contribution in [2.75, 3.05) is 32.2 Å². The molecule has 3 aromatic carbocycles. The van der Waals surface area contributed by atoms with E-state index in [9.17, 15) is 4.21 Å². The van der Waals surface area contributed by atoms with E-state index in [0.717, 1.165) is 71.0 Å². The van der Waals surface area contributed by atoms with Crippen molar-refractivity contribution in [3.8, 4) is 11.5 Å². The van der Waals surface area contributed by atoms with Crippen molar-refractivity contribution in [2.45, 2.75) is 78.2 Å². The molecule has 0 saturated carbocycles. The van der Waals surface area contributed by atoms with Crippen LogP contribution < -0.4 is 51.0 Å². The summed E-state index contributed by atoms with van der Waals surface area (Å²) in [6, 6.07) is 32.4. The molecule has 13 heteroatoms. The van der Waals surface area contributed by atoms with Crippen LogP contribution in [-0.4, -0.2) is 22.3 Å². The van der Waals surface area contributed by atoms with Crippen molar-refractivity contribution in [3.05, 3.63) is 127 Å². The Hall–Kier alpha value is -5.79. The van der Waals surface area contributed by atoms with Gasteiger partial charge in [0.15, 0.2) is 11.4 Å². The summed E-state index contributed by atoms with van der Waals surface area (Å²) < 4.78 is 25.7. The van der Waals surface area contributed by atoms with Gasteiger partial charge in [-0.25, -0.2) is 18.9 Å². The molecule has 278 valence electrons. The average molecular weight is 771 g/mol. The third-order valence-corrected chi connectivity index (χ3v) is 13.4. The number of pyridine rings is 3. The first-order chi connectivity index (χ1) is 26.6. The molecular weight excluding hydrogens is 727 g/mol. The number of nitrogens with zero attached hydrogens (tertiary/aromatic N) is 6. The number of hydrogen-bond acceptors (Lipinski definition) is 9. The van der Waals surface area contributed by atoms with Crippen LogP contribution >= 0.6 is 11.8 Å². The zero-order valence-corrected chi connectivity index (χ0v) is 32.8. The first-order valence-electron chi connectivity index (χ1n) is 18.5. The molecule has 0 radical (unpaired) electrons. The molecule has 9 rings (SSSR count). The lowest BCUT2D eigenvalue weighted by atomic mass is 10.0. The summed E-state index contributed by atoms with van der Waals surface area (Å²) >= 11 is 1.74. The Morgan fingerprint density at radius 1 is 0.618 bits per heavy atom. The zero-order chi connectivity index (χ0) is 38.1. The summed E-state index contributed by atoms with van der Waals surface area (Å²) in [7, 11) is -1.43. The van der Waals surface area contributed by atoms with Gasteiger partial charge in [-0.2, -0.15) is 0 Å². The lowest BCUT2D eigenvalue weighted by Crippen LogP contribution is -2.53. The van der Waals surface area contributed by atoms with E-state index in [1.807, 2.05) is 79.3 Å². The van der Waals surface area contributed by atoms with Crippen LogP contribution in [0.5, 0.6) is 11.5 Å². The van der Waals surface area contributed by atoms with Crippen LogP contribution in [0.2, 0.25) is 0 Å². The fraction of sp³-hybridized carbons (Fsp3) is 0.214. The molecule has 11 nitrogen and oxygen atoms in total. The van der Waals surface area contributed by atoms with Crippen LogP contribution in [0.25, 0.3) is 0 Å². The Labute approximate surface area is 327 Å². The minimum atomic E-state index is -1.43. The number of benzene rings is 3. The quantitative estimate of drug-likeness (QED) is 0.136. The molecule has 6 aromatic rings. The van der Waals surface area contributed by atoms with Crippen molar-refractivity contribution in [1.29, 1.82) is 0 Å². The smallest absolute Gasteiger partial charge is 0.348 e. The SMILES string of the molecule is CC(C)N1c2ccccc2S(=O)c2c(CC(C)N3c4ccccc4Sc4c(CC(C)N5c6ccccc6Oc6ccc[n+](N)c65)cc[n+](N)c43)cc[n+](N)c21. The molecule has 55 heavy (non-hydrogen) atoms. The highest BCUT2D eigenvalue weighted by Gasteiger charge is 2.44. The average Bonchev–Trinajstić information content (AvgIpc) is 3.18. The molecule has 6 N–H and O–H groups in total. The monoisotopic (exact) mass is 770 g/mol. The second-order valence-corrected chi connectivity index (χ2v) is 17.0. The van der Waals surface area contributed by atoms with E-state index in [1.54, 1.807) is 25.8 Å². The summed E-state index contributed by atoms with van der Waals surface area (Å²) in [4.78, 5) is 10.6. The molecule has 0 bridgehead atoms. The van der Waals surface area contributed by atoms with E-state index in [0.29, 0.717) is 18.6 Å². The van der Waals surface area contributed by atoms with E-state index in [4.69, 9.17) is 22.3 Å². The van der Waals surface area contributed by atoms with E-state index in [1.165, 1.54) is 0 Å². The molecular formula is C42H44N9O2S2+3. The maximum atomic E-state index is 14.5. The van der Waals surface area contributed by atoms with Crippen LogP contribution in [0.1, 0.15) is 38.8 Å². The maximum absolute atomic E-state index is 14.5. The Balaban J connectivity index is 1.12. The molecule has 3 unspecified atom stereocenters. The zero-order valence-electron chi connectivity index (χ0n) is 31.2. The number of hydrogen-bond donors (Lipinski definition) is 3. The Kier molecular flexibility index (Phi) is 8.58. The molecule has 3 aliphatic heterocycles. The van der Waals surface area contributed by atoms with Gasteiger partial charge in [0.25, 0.3) is 0 Å². The predicted molar refractivity (Wildman–Crippen MR) is 216 cm³/mol. The maximum Gasteiger partial charge on any atom is 0.348 e. The minimum absolute atomic E-state index is 0.0112. The van der Waals surface area contributed by atoms with Crippen LogP contribution in [0.15, 0.2) is 135 Å². The Morgan fingerprint density at radius 3 is 1.96 bits per heavy atom. The van der Waals surface area contributed by atoms with E-state index < -0.39 is 10.8 Å². The van der Waals surface area contributed by atoms with Crippen molar-refractivity contribution in [3.63, 3.8) is 0 Å². The van der Waals surface area contributed by atoms with Crippen LogP contribution in [0.4, 0.5) is 34.5 Å². The number of para-hydroxylation sites is 4. The van der Waals surface area contributed by atoms with Gasteiger partial charge in [-0.05, 0) is 99.5 Å². The molecule has 6 heterocycles. The molecule has 0 amide bonds. The summed E-state index contributed by atoms with van der Waals surface area (Å²) in [6.45, 7) is 8.69. The number of rotatable bonds is 7. The Morgan fingerprint density at radius 2 is 1.20 bits per heavy atom. The van der Waals surface area contributed by atoms with Gasteiger partial charge in [0.2, 0.25) is 5.75 Å². The highest BCUT2D eigenvalue weighted by Crippen LogP contribution is 2.51. The second kappa shape index (κ2) is 13.5. The minimum Gasteiger partial charge on any atom is -0.444 e. The van der Waals surface area contributed by atoms with Gasteiger partial charge in [-0.1, -0.05) is 48.2 Å². The van der Waals surface area contributed by atoms with Crippen molar-refractivity contribution >= 4 is 57.1 Å². The second-order valence-electron chi connectivity index (χ2n) is 14.6. The highest BCUT2D eigenvalue weighted by molar-refractivity contribution is 7.99. The summed E-state index contributed by atoms with van der Waals surface area (Å²) in [5, 5.41) is 0. The Bertz CT molecular complexity index is 2530. The van der Waals surface area contributed by atoms with E-state index in [-0.39, 0.29) is 18.1 Å². The summed E-state index contributed by atoms with van der Waals surface area (Å²) in [5.41, 5.74) is 5.09. The first-order valence-corrected chi connectivity index (χ1v) is 20.5. The number of nitrogens with two attached hydrogens (primary N) is 3. The summed E-state index contributed by atoms with van der Waals surface area (Å²) in [5.74, 6) is 24.0. The summed E-state index contributed by atoms with van der Waals surface area (Å²) in [6.07, 6.45) is 6.98. The third kappa shape index (κ3) is 5.63. The predicted octanol–water partition coefficient (Wildman–Crippen LogP) is 5.83. The standard InChI is InChI=1S/C42H44N9O2S2/c1-26(2)49-33-14-7-10-18-37(33)55(52)39-30(20-23-48(45)42(39)49)25-28(4)51-32-13-6-9-17-36(32)54-38-29(19-22-47(44)41(38)51)24-27(3)50-31-12-5-8-15-34(31)53-35-16-11-21-46(43)40(35)50/h5-23,26-28H,24-25,43-45H2,1-4H3/q+3. The topological polar surface area (TPSA) is 126 Å².